The Kier molecular flexibility index (Phi) is 6.71. The van der Waals surface area contributed by atoms with Crippen molar-refractivity contribution < 1.29 is 0 Å². The number of hydrogen-bond donors (Lipinski definition) is 2. The first-order valence-electron chi connectivity index (χ1n) is 7.39. The van der Waals surface area contributed by atoms with Crippen molar-refractivity contribution in [3.63, 3.8) is 0 Å². The smallest absolute Gasteiger partial charge is 0.0944 e. The lowest BCUT2D eigenvalue weighted by Crippen LogP contribution is -1.97. The minimum atomic E-state index is 0.624. The second-order valence-electron chi connectivity index (χ2n) is 4.72. The first kappa shape index (κ1) is 16.9. The van der Waals surface area contributed by atoms with Crippen molar-refractivity contribution in [3.8, 4) is 0 Å². The molecule has 0 spiro atoms. The molecule has 120 valence electrons. The minimum Gasteiger partial charge on any atom is -0.398 e. The molecule has 0 amide bonds. The molecule has 0 radical (unpaired) electrons. The Balaban J connectivity index is 2.17. The standard InChI is InChI=1S/C19H19N5/c20-15-22-13-12-19(17-9-5-2-6-10-17)24-23-14-11-18(21)16-7-3-1-4-8-16/h1-15H,21H2,(H2,20,22)/b13-12-,18-11-,23-14+,24-19+. The summed E-state index contributed by atoms with van der Waals surface area (Å²) in [5, 5.41) is 8.28. The molecule has 0 aliphatic carbocycles. The molecule has 0 heterocycles. The molecule has 0 saturated heterocycles. The third-order valence-corrected chi connectivity index (χ3v) is 3.07. The van der Waals surface area contributed by atoms with Crippen molar-refractivity contribution in [1.29, 1.82) is 0 Å². The monoisotopic (exact) mass is 317 g/mol. The van der Waals surface area contributed by atoms with Gasteiger partial charge in [-0.2, -0.15) is 10.2 Å². The summed E-state index contributed by atoms with van der Waals surface area (Å²) in [6, 6.07) is 19.4. The number of nitrogens with two attached hydrogens (primary N) is 2. The Bertz CT molecular complexity index is 772. The lowest BCUT2D eigenvalue weighted by Gasteiger charge is -1.99. The molecule has 0 atom stereocenters. The maximum atomic E-state index is 6.00. The second-order valence-corrected chi connectivity index (χ2v) is 4.72. The van der Waals surface area contributed by atoms with Crippen LogP contribution in [-0.2, 0) is 0 Å². The fraction of sp³-hybridized carbons (Fsp3) is 0. The SMILES string of the molecule is NC=N\C=C/C(=N\N=C\C=C(/N)c1ccccc1)c1ccccc1. The molecule has 24 heavy (non-hydrogen) atoms. The highest BCUT2D eigenvalue weighted by Crippen LogP contribution is 2.07. The maximum Gasteiger partial charge on any atom is 0.0944 e. The lowest BCUT2D eigenvalue weighted by atomic mass is 10.1. The van der Waals surface area contributed by atoms with Gasteiger partial charge in [-0.05, 0) is 17.7 Å². The van der Waals surface area contributed by atoms with Crippen LogP contribution in [-0.4, -0.2) is 18.3 Å². The van der Waals surface area contributed by atoms with Gasteiger partial charge in [0.2, 0.25) is 0 Å². The van der Waals surface area contributed by atoms with E-state index < -0.39 is 0 Å². The average Bonchev–Trinajstić information content (AvgIpc) is 2.65. The summed E-state index contributed by atoms with van der Waals surface area (Å²) < 4.78 is 0. The van der Waals surface area contributed by atoms with E-state index in [0.29, 0.717) is 11.4 Å². The molecule has 0 aliphatic heterocycles. The summed E-state index contributed by atoms with van der Waals surface area (Å²) in [6.07, 6.45) is 7.79. The Hall–Kier alpha value is -3.47. The van der Waals surface area contributed by atoms with Crippen molar-refractivity contribution in [3.05, 3.63) is 90.1 Å². The van der Waals surface area contributed by atoms with Gasteiger partial charge in [0.1, 0.15) is 0 Å². The Morgan fingerprint density at radius 1 is 0.875 bits per heavy atom. The summed E-state index contributed by atoms with van der Waals surface area (Å²) >= 11 is 0. The van der Waals surface area contributed by atoms with Gasteiger partial charge < -0.3 is 11.5 Å². The fourth-order valence-corrected chi connectivity index (χ4v) is 1.90. The fourth-order valence-electron chi connectivity index (χ4n) is 1.90. The number of aliphatic imine (C=N–C) groups is 1. The molecule has 4 N–H and O–H groups in total. The van der Waals surface area contributed by atoms with Gasteiger partial charge in [-0.1, -0.05) is 60.7 Å². The molecule has 2 aromatic carbocycles. The van der Waals surface area contributed by atoms with E-state index in [0.717, 1.165) is 11.1 Å². The van der Waals surface area contributed by atoms with Crippen molar-refractivity contribution >= 4 is 24.0 Å². The normalized spacial score (nSPS) is 13.3. The van der Waals surface area contributed by atoms with Crippen molar-refractivity contribution in [2.45, 2.75) is 0 Å². The first-order chi connectivity index (χ1) is 11.8. The van der Waals surface area contributed by atoms with Crippen molar-refractivity contribution in [2.24, 2.45) is 26.7 Å². The largest absolute Gasteiger partial charge is 0.398 e. The number of rotatable bonds is 6. The maximum absolute atomic E-state index is 6.00. The zero-order chi connectivity index (χ0) is 17.0. The molecule has 0 aliphatic rings. The lowest BCUT2D eigenvalue weighted by molar-refractivity contribution is 1.25. The predicted octanol–water partition coefficient (Wildman–Crippen LogP) is 2.96. The number of hydrogen-bond acceptors (Lipinski definition) is 4. The highest BCUT2D eigenvalue weighted by atomic mass is 15.2. The molecule has 2 aromatic rings. The molecule has 0 fully saturated rings. The number of nitrogens with zero attached hydrogens (tertiary/aromatic N) is 3. The Labute approximate surface area is 141 Å². The van der Waals surface area contributed by atoms with Gasteiger partial charge in [-0.25, -0.2) is 4.99 Å². The third kappa shape index (κ3) is 5.38. The quantitative estimate of drug-likeness (QED) is 0.487. The molecule has 0 unspecified atom stereocenters. The molecule has 0 bridgehead atoms. The van der Waals surface area contributed by atoms with Gasteiger partial charge in [0.05, 0.1) is 18.3 Å². The molecule has 5 nitrogen and oxygen atoms in total. The minimum absolute atomic E-state index is 0.624. The van der Waals surface area contributed by atoms with E-state index in [2.05, 4.69) is 15.2 Å². The van der Waals surface area contributed by atoms with Crippen LogP contribution < -0.4 is 11.5 Å². The third-order valence-electron chi connectivity index (χ3n) is 3.07. The molecule has 0 saturated carbocycles. The van der Waals surface area contributed by atoms with Gasteiger partial charge in [0.25, 0.3) is 0 Å². The van der Waals surface area contributed by atoms with Gasteiger partial charge in [-0.3, -0.25) is 0 Å². The van der Waals surface area contributed by atoms with E-state index in [1.807, 2.05) is 60.7 Å². The molecular weight excluding hydrogens is 298 g/mol. The van der Waals surface area contributed by atoms with E-state index in [1.54, 1.807) is 24.6 Å². The second kappa shape index (κ2) is 9.53. The van der Waals surface area contributed by atoms with E-state index in [1.165, 1.54) is 6.34 Å². The topological polar surface area (TPSA) is 89.1 Å². The van der Waals surface area contributed by atoms with Crippen LogP contribution in [0.15, 0.2) is 94.2 Å². The number of benzene rings is 2. The van der Waals surface area contributed by atoms with Crippen molar-refractivity contribution in [1.82, 2.24) is 0 Å². The van der Waals surface area contributed by atoms with Gasteiger partial charge in [0.15, 0.2) is 0 Å². The van der Waals surface area contributed by atoms with Gasteiger partial charge >= 0.3 is 0 Å². The highest BCUT2D eigenvalue weighted by Gasteiger charge is 1.97. The van der Waals surface area contributed by atoms with E-state index in [-0.39, 0.29) is 0 Å². The molecule has 5 heteroatoms. The van der Waals surface area contributed by atoms with Gasteiger partial charge in [-0.15, -0.1) is 0 Å². The van der Waals surface area contributed by atoms with Crippen LogP contribution in [0.25, 0.3) is 5.70 Å². The zero-order valence-electron chi connectivity index (χ0n) is 13.2. The summed E-state index contributed by atoms with van der Waals surface area (Å²) in [5.74, 6) is 0. The van der Waals surface area contributed by atoms with Crippen LogP contribution in [0.4, 0.5) is 0 Å². The van der Waals surface area contributed by atoms with E-state index >= 15 is 0 Å². The molecular formula is C19H19N5. The van der Waals surface area contributed by atoms with E-state index in [4.69, 9.17) is 11.5 Å². The number of allylic oxidation sites excluding steroid dienone is 2. The van der Waals surface area contributed by atoms with Crippen LogP contribution in [0.2, 0.25) is 0 Å². The summed E-state index contributed by atoms with van der Waals surface area (Å²) in [5.41, 5.74) is 14.4. The Morgan fingerprint density at radius 2 is 1.50 bits per heavy atom. The molecule has 2 rings (SSSR count). The van der Waals surface area contributed by atoms with Crippen LogP contribution in [0, 0.1) is 0 Å². The van der Waals surface area contributed by atoms with E-state index in [9.17, 15) is 0 Å². The predicted molar refractivity (Wildman–Crippen MR) is 102 cm³/mol. The summed E-state index contributed by atoms with van der Waals surface area (Å²) in [4.78, 5) is 3.84. The van der Waals surface area contributed by atoms with Crippen LogP contribution in [0.3, 0.4) is 0 Å². The summed E-state index contributed by atoms with van der Waals surface area (Å²) in [6.45, 7) is 0. The zero-order valence-corrected chi connectivity index (χ0v) is 13.2. The van der Waals surface area contributed by atoms with Crippen LogP contribution in [0.1, 0.15) is 11.1 Å². The summed E-state index contributed by atoms with van der Waals surface area (Å²) in [7, 11) is 0. The first-order valence-corrected chi connectivity index (χ1v) is 7.39. The Morgan fingerprint density at radius 3 is 2.12 bits per heavy atom. The van der Waals surface area contributed by atoms with Crippen LogP contribution >= 0.6 is 0 Å². The highest BCUT2D eigenvalue weighted by molar-refractivity contribution is 6.08. The van der Waals surface area contributed by atoms with Gasteiger partial charge in [0, 0.05) is 17.5 Å². The van der Waals surface area contributed by atoms with Crippen LogP contribution in [0.5, 0.6) is 0 Å². The van der Waals surface area contributed by atoms with Crippen molar-refractivity contribution in [2.75, 3.05) is 0 Å². The average molecular weight is 317 g/mol. The molecule has 0 aromatic heterocycles.